The Labute approximate surface area is 299 Å². The highest BCUT2D eigenvalue weighted by atomic mass is 16.5. The Kier molecular flexibility index (Phi) is 26.0. The Balaban J connectivity index is 2.37. The van der Waals surface area contributed by atoms with Gasteiger partial charge in [0.1, 0.15) is 0 Å². The first-order valence-corrected chi connectivity index (χ1v) is 17.5. The molecule has 1 fully saturated rings. The van der Waals surface area contributed by atoms with E-state index in [9.17, 15) is 44.1 Å². The molecule has 0 aromatic carbocycles. The van der Waals surface area contributed by atoms with Gasteiger partial charge in [0.2, 0.25) is 18.2 Å². The second-order valence-electron chi connectivity index (χ2n) is 12.3. The lowest BCUT2D eigenvalue weighted by molar-refractivity contribution is -0.140. The van der Waals surface area contributed by atoms with Crippen molar-refractivity contribution < 1.29 is 58.3 Å². The molecule has 1 atom stereocenters. The van der Waals surface area contributed by atoms with Crippen LogP contribution < -0.4 is 16.0 Å². The van der Waals surface area contributed by atoms with Gasteiger partial charge in [-0.3, -0.25) is 48.4 Å². The molecular weight excluding hydrogens is 674 g/mol. The zero-order valence-electron chi connectivity index (χ0n) is 29.9. The van der Waals surface area contributed by atoms with Gasteiger partial charge < -0.3 is 45.5 Å². The first-order valence-electron chi connectivity index (χ1n) is 17.5. The average Bonchev–Trinajstić information content (AvgIpc) is 3.05. The number of hydrogen-bond acceptors (Lipinski definition) is 13. The van der Waals surface area contributed by atoms with Crippen LogP contribution in [0.4, 0.5) is 0 Å². The van der Waals surface area contributed by atoms with Gasteiger partial charge in [-0.25, -0.2) is 0 Å². The fourth-order valence-corrected chi connectivity index (χ4v) is 5.16. The normalized spacial score (nSPS) is 16.3. The molecular formula is C32H59N7O12. The number of unbranched alkanes of at least 4 members (excludes halogenated alkanes) is 1. The standard InChI is InChI=1S/C32H59N7O12/c1-27(35-28(41)5-16-49-18-20-51-21-19-50-17-7-33-26-40)4-2-3-6-34-29(42)22-36-8-10-37(23-30(43)44)12-14-39(25-32(47)48)15-13-38(11-9-36)24-31(45)46/h26-27H,2-25H2,1H3,(H,33,40)(H,34,42)(H,35,41)(H,43,44)(H,45,46)(H,47,48). The number of aliphatic carboxylic acids is 3. The maximum atomic E-state index is 12.8. The van der Waals surface area contributed by atoms with Gasteiger partial charge >= 0.3 is 17.9 Å². The minimum Gasteiger partial charge on any atom is -0.480 e. The van der Waals surface area contributed by atoms with E-state index in [1.54, 1.807) is 14.7 Å². The molecule has 1 aliphatic heterocycles. The number of carboxylic acid groups (broad SMARTS) is 3. The molecule has 0 spiro atoms. The van der Waals surface area contributed by atoms with Crippen LogP contribution in [-0.2, 0) is 43.0 Å². The highest BCUT2D eigenvalue weighted by Crippen LogP contribution is 2.03. The van der Waals surface area contributed by atoms with Crippen LogP contribution in [0.25, 0.3) is 0 Å². The summed E-state index contributed by atoms with van der Waals surface area (Å²) in [6.07, 6.45) is 3.07. The van der Waals surface area contributed by atoms with E-state index < -0.39 is 17.9 Å². The Morgan fingerprint density at radius 3 is 1.49 bits per heavy atom. The summed E-state index contributed by atoms with van der Waals surface area (Å²) in [4.78, 5) is 76.4. The van der Waals surface area contributed by atoms with Gasteiger partial charge in [0.25, 0.3) is 0 Å². The molecule has 294 valence electrons. The van der Waals surface area contributed by atoms with Crippen molar-refractivity contribution in [1.82, 2.24) is 35.6 Å². The number of carbonyl (C=O) groups excluding carboxylic acids is 3. The number of nitrogens with one attached hydrogen (secondary N) is 3. The van der Waals surface area contributed by atoms with Crippen molar-refractivity contribution in [2.45, 2.75) is 38.6 Å². The van der Waals surface area contributed by atoms with Gasteiger partial charge in [-0.15, -0.1) is 0 Å². The van der Waals surface area contributed by atoms with Gasteiger partial charge in [-0.1, -0.05) is 0 Å². The summed E-state index contributed by atoms with van der Waals surface area (Å²) in [7, 11) is 0. The van der Waals surface area contributed by atoms with E-state index >= 15 is 0 Å². The monoisotopic (exact) mass is 733 g/mol. The molecule has 19 heteroatoms. The molecule has 0 aliphatic carbocycles. The largest absolute Gasteiger partial charge is 0.480 e. The fourth-order valence-electron chi connectivity index (χ4n) is 5.16. The lowest BCUT2D eigenvalue weighted by Gasteiger charge is -2.32. The van der Waals surface area contributed by atoms with E-state index in [1.165, 1.54) is 0 Å². The van der Waals surface area contributed by atoms with Crippen molar-refractivity contribution in [3.05, 3.63) is 0 Å². The van der Waals surface area contributed by atoms with Gasteiger partial charge in [0.15, 0.2) is 0 Å². The average molecular weight is 734 g/mol. The minimum absolute atomic E-state index is 0.0423. The van der Waals surface area contributed by atoms with Gasteiger partial charge in [0, 0.05) is 77.9 Å². The van der Waals surface area contributed by atoms with E-state index in [4.69, 9.17) is 14.2 Å². The molecule has 3 amide bonds. The summed E-state index contributed by atoms with van der Waals surface area (Å²) < 4.78 is 16.1. The third kappa shape index (κ3) is 26.9. The molecule has 0 saturated carbocycles. The van der Waals surface area contributed by atoms with Gasteiger partial charge in [-0.2, -0.15) is 0 Å². The summed E-state index contributed by atoms with van der Waals surface area (Å²) in [6.45, 7) is 7.09. The number of carboxylic acids is 3. The molecule has 0 radical (unpaired) electrons. The van der Waals surface area contributed by atoms with Crippen LogP contribution >= 0.6 is 0 Å². The number of carbonyl (C=O) groups is 6. The maximum absolute atomic E-state index is 12.8. The second kappa shape index (κ2) is 29.2. The molecule has 1 heterocycles. The summed E-state index contributed by atoms with van der Waals surface area (Å²) in [5, 5.41) is 36.4. The van der Waals surface area contributed by atoms with Crippen LogP contribution in [0, 0.1) is 0 Å². The first-order chi connectivity index (χ1) is 24.5. The van der Waals surface area contributed by atoms with E-state index in [2.05, 4.69) is 16.0 Å². The minimum atomic E-state index is -1.02. The van der Waals surface area contributed by atoms with E-state index in [1.807, 2.05) is 11.8 Å². The number of rotatable bonds is 27. The van der Waals surface area contributed by atoms with Gasteiger partial charge in [0.05, 0.1) is 65.8 Å². The van der Waals surface area contributed by atoms with Crippen molar-refractivity contribution in [3.63, 3.8) is 0 Å². The van der Waals surface area contributed by atoms with Crippen LogP contribution in [-0.4, -0.2) is 208 Å². The van der Waals surface area contributed by atoms with Crippen LogP contribution in [0.1, 0.15) is 32.6 Å². The van der Waals surface area contributed by atoms with E-state index in [0.29, 0.717) is 111 Å². The van der Waals surface area contributed by atoms with Crippen molar-refractivity contribution in [1.29, 1.82) is 0 Å². The molecule has 0 aromatic rings. The van der Waals surface area contributed by atoms with Crippen LogP contribution in [0.2, 0.25) is 0 Å². The molecule has 1 unspecified atom stereocenters. The third-order valence-corrected chi connectivity index (χ3v) is 7.86. The summed E-state index contributed by atoms with van der Waals surface area (Å²) in [5.74, 6) is -3.35. The molecule has 0 bridgehead atoms. The SMILES string of the molecule is CC(CCCCNC(=O)CN1CCN(CC(=O)O)CCN(CC(=O)O)CCN(CC(=O)O)CC1)NC(=O)CCOCCOCCOCCNC=O. The third-order valence-electron chi connectivity index (χ3n) is 7.86. The van der Waals surface area contributed by atoms with Crippen LogP contribution in [0.15, 0.2) is 0 Å². The lowest BCUT2D eigenvalue weighted by Crippen LogP contribution is -2.49. The van der Waals surface area contributed by atoms with Gasteiger partial charge in [-0.05, 0) is 26.2 Å². The number of ether oxygens (including phenoxy) is 3. The Morgan fingerprint density at radius 1 is 0.608 bits per heavy atom. The molecule has 51 heavy (non-hydrogen) atoms. The van der Waals surface area contributed by atoms with Crippen molar-refractivity contribution in [2.24, 2.45) is 0 Å². The Morgan fingerprint density at radius 2 is 1.04 bits per heavy atom. The Bertz CT molecular complexity index is 993. The lowest BCUT2D eigenvalue weighted by atomic mass is 10.1. The zero-order chi connectivity index (χ0) is 37.7. The summed E-state index contributed by atoms with van der Waals surface area (Å²) in [5.41, 5.74) is 0. The smallest absolute Gasteiger partial charge is 0.317 e. The number of hydrogen-bond donors (Lipinski definition) is 6. The molecule has 6 N–H and O–H groups in total. The maximum Gasteiger partial charge on any atom is 0.317 e. The highest BCUT2D eigenvalue weighted by molar-refractivity contribution is 5.78. The zero-order valence-corrected chi connectivity index (χ0v) is 29.9. The molecule has 19 nitrogen and oxygen atoms in total. The fraction of sp³-hybridized carbons (Fsp3) is 0.812. The van der Waals surface area contributed by atoms with Crippen LogP contribution in [0.5, 0.6) is 0 Å². The van der Waals surface area contributed by atoms with E-state index in [-0.39, 0.29) is 57.1 Å². The summed E-state index contributed by atoms with van der Waals surface area (Å²) >= 11 is 0. The van der Waals surface area contributed by atoms with E-state index in [0.717, 1.165) is 12.8 Å². The quantitative estimate of drug-likeness (QED) is 0.0376. The number of amides is 3. The molecule has 1 rings (SSSR count). The van der Waals surface area contributed by atoms with Crippen molar-refractivity contribution in [2.75, 3.05) is 131 Å². The first kappa shape index (κ1) is 45.6. The predicted octanol–water partition coefficient (Wildman–Crippen LogP) is -2.56. The number of nitrogens with zero attached hydrogens (tertiary/aromatic N) is 4. The molecule has 1 saturated heterocycles. The topological polar surface area (TPSA) is 240 Å². The second-order valence-corrected chi connectivity index (χ2v) is 12.3. The Hall–Kier alpha value is -3.46. The van der Waals surface area contributed by atoms with Crippen LogP contribution in [0.3, 0.4) is 0 Å². The summed E-state index contributed by atoms with van der Waals surface area (Å²) in [6, 6.07) is -0.0423. The predicted molar refractivity (Wildman–Crippen MR) is 184 cm³/mol. The molecule has 1 aliphatic rings. The van der Waals surface area contributed by atoms with Crippen molar-refractivity contribution >= 4 is 36.1 Å². The molecule has 0 aromatic heterocycles. The highest BCUT2D eigenvalue weighted by Gasteiger charge is 2.21. The van der Waals surface area contributed by atoms with Crippen molar-refractivity contribution in [3.8, 4) is 0 Å².